The van der Waals surface area contributed by atoms with E-state index in [1.807, 2.05) is 0 Å². The molecule has 4 nitrogen and oxygen atoms in total. The van der Waals surface area contributed by atoms with Crippen molar-refractivity contribution in [1.82, 2.24) is 10.3 Å². The highest BCUT2D eigenvalue weighted by Gasteiger charge is 2.27. The van der Waals surface area contributed by atoms with E-state index in [0.717, 1.165) is 25.7 Å². The van der Waals surface area contributed by atoms with Gasteiger partial charge in [0.2, 0.25) is 0 Å². The Morgan fingerprint density at radius 1 is 1.48 bits per heavy atom. The molecule has 112 valence electrons. The molecule has 1 amide bonds. The molecule has 1 aliphatic carbocycles. The third-order valence-electron chi connectivity index (χ3n) is 4.04. The predicted octanol–water partition coefficient (Wildman–Crippen LogP) is 2.12. The Kier molecular flexibility index (Phi) is 4.98. The van der Waals surface area contributed by atoms with Crippen LogP contribution < -0.4 is 5.32 Å². The van der Waals surface area contributed by atoms with Gasteiger partial charge in [-0.2, -0.15) is 0 Å². The van der Waals surface area contributed by atoms with Crippen LogP contribution in [-0.2, 0) is 0 Å². The molecule has 21 heavy (non-hydrogen) atoms. The van der Waals surface area contributed by atoms with Crippen molar-refractivity contribution in [2.24, 2.45) is 5.41 Å². The van der Waals surface area contributed by atoms with Crippen LogP contribution in [0.4, 0.5) is 0 Å². The molecule has 1 aromatic heterocycles. The quantitative estimate of drug-likeness (QED) is 0.819. The van der Waals surface area contributed by atoms with Gasteiger partial charge in [-0.05, 0) is 37.2 Å². The number of hydrogen-bond donors (Lipinski definition) is 2. The summed E-state index contributed by atoms with van der Waals surface area (Å²) in [5.74, 6) is 5.22. The van der Waals surface area contributed by atoms with Crippen LogP contribution in [0.3, 0.4) is 0 Å². The van der Waals surface area contributed by atoms with Gasteiger partial charge in [-0.3, -0.25) is 9.78 Å². The molecule has 0 atom stereocenters. The molecule has 1 saturated carbocycles. The molecular weight excluding hydrogens is 264 g/mol. The van der Waals surface area contributed by atoms with Crippen LogP contribution >= 0.6 is 0 Å². The first kappa shape index (κ1) is 15.5. The van der Waals surface area contributed by atoms with Gasteiger partial charge in [0, 0.05) is 18.4 Å². The van der Waals surface area contributed by atoms with Crippen LogP contribution in [0.2, 0.25) is 0 Å². The maximum absolute atomic E-state index is 12.4. The van der Waals surface area contributed by atoms with E-state index in [4.69, 9.17) is 5.11 Å². The summed E-state index contributed by atoms with van der Waals surface area (Å²) in [6.07, 6.45) is 7.43. The summed E-state index contributed by atoms with van der Waals surface area (Å²) in [7, 11) is 0. The Morgan fingerprint density at radius 2 is 2.19 bits per heavy atom. The zero-order valence-electron chi connectivity index (χ0n) is 12.6. The third kappa shape index (κ3) is 4.30. The van der Waals surface area contributed by atoms with Gasteiger partial charge >= 0.3 is 0 Å². The van der Waals surface area contributed by atoms with Gasteiger partial charge < -0.3 is 10.4 Å². The van der Waals surface area contributed by atoms with Gasteiger partial charge in [0.15, 0.2) is 0 Å². The van der Waals surface area contributed by atoms with E-state index in [1.54, 1.807) is 18.5 Å². The van der Waals surface area contributed by atoms with E-state index in [-0.39, 0.29) is 18.6 Å². The third-order valence-corrected chi connectivity index (χ3v) is 4.04. The number of pyridine rings is 1. The topological polar surface area (TPSA) is 62.2 Å². The Balaban J connectivity index is 2.04. The van der Waals surface area contributed by atoms with E-state index < -0.39 is 0 Å². The number of aromatic nitrogens is 1. The lowest BCUT2D eigenvalue weighted by molar-refractivity contribution is 0.0908. The SMILES string of the molecule is CC1(C)CCC(NC(=O)c2ccncc2C#CCO)CC1. The van der Waals surface area contributed by atoms with Gasteiger partial charge in [-0.1, -0.05) is 25.7 Å². The maximum atomic E-state index is 12.4. The highest BCUT2D eigenvalue weighted by molar-refractivity contribution is 5.96. The molecule has 0 aliphatic heterocycles. The zero-order chi connectivity index (χ0) is 15.3. The molecular formula is C17H22N2O2. The second-order valence-corrected chi connectivity index (χ2v) is 6.29. The minimum atomic E-state index is -0.229. The van der Waals surface area contributed by atoms with Crippen LogP contribution in [0.15, 0.2) is 18.5 Å². The number of hydrogen-bond acceptors (Lipinski definition) is 3. The molecule has 0 bridgehead atoms. The lowest BCUT2D eigenvalue weighted by Crippen LogP contribution is -2.39. The summed E-state index contributed by atoms with van der Waals surface area (Å²) in [5, 5.41) is 11.9. The summed E-state index contributed by atoms with van der Waals surface area (Å²) < 4.78 is 0. The minimum absolute atomic E-state index is 0.107. The van der Waals surface area contributed by atoms with Crippen molar-refractivity contribution in [1.29, 1.82) is 0 Å². The number of aliphatic hydroxyl groups is 1. The number of rotatable bonds is 2. The van der Waals surface area contributed by atoms with E-state index in [9.17, 15) is 4.79 Å². The van der Waals surface area contributed by atoms with Crippen molar-refractivity contribution < 1.29 is 9.90 Å². The van der Waals surface area contributed by atoms with Crippen molar-refractivity contribution in [2.75, 3.05) is 6.61 Å². The van der Waals surface area contributed by atoms with Crippen LogP contribution in [-0.4, -0.2) is 28.6 Å². The largest absolute Gasteiger partial charge is 0.384 e. The molecule has 1 aliphatic rings. The zero-order valence-corrected chi connectivity index (χ0v) is 12.6. The molecule has 0 aromatic carbocycles. The Hall–Kier alpha value is -1.86. The summed E-state index contributed by atoms with van der Waals surface area (Å²) in [4.78, 5) is 16.4. The maximum Gasteiger partial charge on any atom is 0.252 e. The lowest BCUT2D eigenvalue weighted by atomic mass is 9.75. The highest BCUT2D eigenvalue weighted by atomic mass is 16.2. The van der Waals surface area contributed by atoms with Gasteiger partial charge in [0.1, 0.15) is 6.61 Å². The highest BCUT2D eigenvalue weighted by Crippen LogP contribution is 2.35. The normalized spacial score (nSPS) is 17.7. The minimum Gasteiger partial charge on any atom is -0.384 e. The van der Waals surface area contributed by atoms with Crippen LogP contribution in [0.1, 0.15) is 55.5 Å². The first-order chi connectivity index (χ1) is 10.0. The first-order valence-corrected chi connectivity index (χ1v) is 7.36. The summed E-state index contributed by atoms with van der Waals surface area (Å²) in [6, 6.07) is 1.90. The first-order valence-electron chi connectivity index (χ1n) is 7.36. The second kappa shape index (κ2) is 6.73. The molecule has 1 aromatic rings. The second-order valence-electron chi connectivity index (χ2n) is 6.29. The Morgan fingerprint density at radius 3 is 2.86 bits per heavy atom. The Labute approximate surface area is 126 Å². The number of nitrogens with zero attached hydrogens (tertiary/aromatic N) is 1. The standard InChI is InChI=1S/C17H22N2O2/c1-17(2)8-5-14(6-9-17)19-16(21)15-7-10-18-12-13(15)4-3-11-20/h7,10,12,14,20H,5-6,8-9,11H2,1-2H3,(H,19,21). The molecule has 0 saturated heterocycles. The van der Waals surface area contributed by atoms with Crippen LogP contribution in [0.25, 0.3) is 0 Å². The van der Waals surface area contributed by atoms with E-state index in [1.165, 1.54) is 0 Å². The van der Waals surface area contributed by atoms with Crippen molar-refractivity contribution in [3.05, 3.63) is 29.6 Å². The lowest BCUT2D eigenvalue weighted by Gasteiger charge is -2.34. The monoisotopic (exact) mass is 286 g/mol. The summed E-state index contributed by atoms with van der Waals surface area (Å²) in [6.45, 7) is 4.32. The Bertz CT molecular complexity index is 560. The average molecular weight is 286 g/mol. The number of carbonyl (C=O) groups is 1. The number of amides is 1. The molecule has 2 N–H and O–H groups in total. The van der Waals surface area contributed by atoms with Crippen molar-refractivity contribution >= 4 is 5.91 Å². The summed E-state index contributed by atoms with van der Waals surface area (Å²) >= 11 is 0. The van der Waals surface area contributed by atoms with E-state index >= 15 is 0 Å². The molecule has 1 fully saturated rings. The fourth-order valence-electron chi connectivity index (χ4n) is 2.63. The van der Waals surface area contributed by atoms with Gasteiger partial charge in [0.05, 0.1) is 11.1 Å². The average Bonchev–Trinajstić information content (AvgIpc) is 2.47. The van der Waals surface area contributed by atoms with Crippen LogP contribution in [0.5, 0.6) is 0 Å². The van der Waals surface area contributed by atoms with Crippen LogP contribution in [0, 0.1) is 17.3 Å². The van der Waals surface area contributed by atoms with Crippen molar-refractivity contribution in [2.45, 2.75) is 45.6 Å². The smallest absolute Gasteiger partial charge is 0.252 e. The van der Waals surface area contributed by atoms with E-state index in [2.05, 4.69) is 36.0 Å². The van der Waals surface area contributed by atoms with Gasteiger partial charge in [0.25, 0.3) is 5.91 Å². The molecule has 4 heteroatoms. The fourth-order valence-corrected chi connectivity index (χ4v) is 2.63. The van der Waals surface area contributed by atoms with Gasteiger partial charge in [-0.25, -0.2) is 0 Å². The molecule has 1 heterocycles. The van der Waals surface area contributed by atoms with E-state index in [0.29, 0.717) is 16.5 Å². The number of carbonyl (C=O) groups excluding carboxylic acids is 1. The van der Waals surface area contributed by atoms with Crippen molar-refractivity contribution in [3.8, 4) is 11.8 Å². The number of aliphatic hydroxyl groups excluding tert-OH is 1. The molecule has 0 spiro atoms. The summed E-state index contributed by atoms with van der Waals surface area (Å²) in [5.41, 5.74) is 1.46. The van der Waals surface area contributed by atoms with Crippen molar-refractivity contribution in [3.63, 3.8) is 0 Å². The van der Waals surface area contributed by atoms with Gasteiger partial charge in [-0.15, -0.1) is 0 Å². The molecule has 0 radical (unpaired) electrons. The fraction of sp³-hybridized carbons (Fsp3) is 0.529. The molecule has 0 unspecified atom stereocenters. The molecule has 2 rings (SSSR count). The predicted molar refractivity (Wildman–Crippen MR) is 81.7 cm³/mol. The number of nitrogens with one attached hydrogen (secondary N) is 1.